The summed E-state index contributed by atoms with van der Waals surface area (Å²) in [6.07, 6.45) is 1.74. The highest BCUT2D eigenvalue weighted by atomic mass is 16.5. The Morgan fingerprint density at radius 1 is 1.08 bits per heavy atom. The third kappa shape index (κ3) is 2.56. The summed E-state index contributed by atoms with van der Waals surface area (Å²) in [6, 6.07) is 16.5. The normalized spacial score (nSPS) is 10.9. The van der Waals surface area contributed by atoms with Crippen LogP contribution in [-0.4, -0.2) is 18.0 Å². The number of nitrogens with zero attached hydrogens (tertiary/aromatic N) is 1. The van der Waals surface area contributed by atoms with Crippen LogP contribution in [-0.2, 0) is 0 Å². The molecule has 4 aromatic rings. The van der Waals surface area contributed by atoms with E-state index in [0.717, 1.165) is 22.0 Å². The van der Waals surface area contributed by atoms with Gasteiger partial charge >= 0.3 is 0 Å². The molecule has 0 unspecified atom stereocenters. The van der Waals surface area contributed by atoms with Gasteiger partial charge < -0.3 is 14.5 Å². The number of nitrogens with one attached hydrogen (secondary N) is 1. The second-order valence-corrected chi connectivity index (χ2v) is 5.38. The quantitative estimate of drug-likeness (QED) is 0.613. The van der Waals surface area contributed by atoms with Gasteiger partial charge in [-0.05, 0) is 48.5 Å². The summed E-state index contributed by atoms with van der Waals surface area (Å²) in [5.41, 5.74) is 2.22. The molecule has 0 saturated carbocycles. The molecule has 0 spiro atoms. The summed E-state index contributed by atoms with van der Waals surface area (Å²) in [5.74, 6) is 0.676. The summed E-state index contributed by atoms with van der Waals surface area (Å²) in [5, 5.41) is 4.63. The first kappa shape index (κ1) is 14.3. The third-order valence-electron chi connectivity index (χ3n) is 3.81. The molecule has 0 aliphatic heterocycles. The van der Waals surface area contributed by atoms with E-state index in [9.17, 15) is 4.79 Å². The first-order valence-electron chi connectivity index (χ1n) is 7.47. The van der Waals surface area contributed by atoms with Crippen molar-refractivity contribution in [3.63, 3.8) is 0 Å². The number of methoxy groups -OCH3 is 1. The molecule has 0 aliphatic rings. The minimum Gasteiger partial charge on any atom is -0.497 e. The van der Waals surface area contributed by atoms with Gasteiger partial charge in [-0.1, -0.05) is 6.07 Å². The summed E-state index contributed by atoms with van der Waals surface area (Å²) < 4.78 is 10.8. The zero-order valence-electron chi connectivity index (χ0n) is 12.9. The lowest BCUT2D eigenvalue weighted by atomic mass is 10.2. The van der Waals surface area contributed by atoms with Crippen LogP contribution in [0.25, 0.3) is 21.9 Å². The molecule has 0 radical (unpaired) electrons. The van der Waals surface area contributed by atoms with Crippen LogP contribution in [0.15, 0.2) is 65.2 Å². The van der Waals surface area contributed by atoms with Crippen LogP contribution >= 0.6 is 0 Å². The Labute approximate surface area is 137 Å². The lowest BCUT2D eigenvalue weighted by Crippen LogP contribution is -2.10. The molecule has 0 fully saturated rings. The Morgan fingerprint density at radius 2 is 2.00 bits per heavy atom. The predicted molar refractivity (Wildman–Crippen MR) is 92.5 cm³/mol. The van der Waals surface area contributed by atoms with Crippen LogP contribution in [0.3, 0.4) is 0 Å². The Bertz CT molecular complexity index is 1050. The van der Waals surface area contributed by atoms with E-state index in [0.29, 0.717) is 11.3 Å². The number of anilines is 1. The van der Waals surface area contributed by atoms with Crippen molar-refractivity contribution in [3.8, 4) is 5.75 Å². The van der Waals surface area contributed by atoms with E-state index in [-0.39, 0.29) is 11.7 Å². The maximum absolute atomic E-state index is 12.4. The molecular formula is C19H14N2O3. The molecular weight excluding hydrogens is 304 g/mol. The zero-order chi connectivity index (χ0) is 16.5. The van der Waals surface area contributed by atoms with E-state index in [4.69, 9.17) is 9.15 Å². The van der Waals surface area contributed by atoms with Crippen molar-refractivity contribution >= 4 is 33.5 Å². The predicted octanol–water partition coefficient (Wildman–Crippen LogP) is 4.24. The van der Waals surface area contributed by atoms with Crippen molar-refractivity contribution in [3.05, 3.63) is 66.6 Å². The van der Waals surface area contributed by atoms with E-state index in [1.54, 1.807) is 31.5 Å². The van der Waals surface area contributed by atoms with Crippen LogP contribution in [0, 0.1) is 0 Å². The van der Waals surface area contributed by atoms with E-state index in [1.807, 2.05) is 36.4 Å². The number of aromatic nitrogens is 1. The molecule has 5 heteroatoms. The number of fused-ring (bicyclic) bond motifs is 2. The molecule has 2 aromatic heterocycles. The highest BCUT2D eigenvalue weighted by Gasteiger charge is 2.13. The summed E-state index contributed by atoms with van der Waals surface area (Å²) >= 11 is 0. The molecule has 24 heavy (non-hydrogen) atoms. The average molecular weight is 318 g/mol. The Hall–Kier alpha value is -3.34. The summed E-state index contributed by atoms with van der Waals surface area (Å²) in [4.78, 5) is 16.7. The van der Waals surface area contributed by atoms with Gasteiger partial charge in [0.25, 0.3) is 5.91 Å². The van der Waals surface area contributed by atoms with Crippen LogP contribution in [0.4, 0.5) is 5.69 Å². The Morgan fingerprint density at radius 3 is 2.88 bits per heavy atom. The highest BCUT2D eigenvalue weighted by Crippen LogP contribution is 2.25. The number of amides is 1. The number of furan rings is 1. The first-order valence-corrected chi connectivity index (χ1v) is 7.47. The molecule has 118 valence electrons. The molecule has 0 saturated heterocycles. The number of ether oxygens (including phenoxy) is 1. The smallest absolute Gasteiger partial charge is 0.291 e. The number of benzene rings is 2. The van der Waals surface area contributed by atoms with E-state index in [1.165, 1.54) is 0 Å². The van der Waals surface area contributed by atoms with Gasteiger partial charge in [-0.25, -0.2) is 0 Å². The van der Waals surface area contributed by atoms with Gasteiger partial charge in [0.15, 0.2) is 5.76 Å². The van der Waals surface area contributed by atoms with Gasteiger partial charge in [0.1, 0.15) is 11.3 Å². The lowest BCUT2D eigenvalue weighted by molar-refractivity contribution is 0.0998. The van der Waals surface area contributed by atoms with Gasteiger partial charge in [-0.3, -0.25) is 9.78 Å². The van der Waals surface area contributed by atoms with E-state index < -0.39 is 0 Å². The van der Waals surface area contributed by atoms with Crippen molar-refractivity contribution < 1.29 is 13.9 Å². The van der Waals surface area contributed by atoms with Crippen molar-refractivity contribution in [1.29, 1.82) is 0 Å². The maximum atomic E-state index is 12.4. The number of hydrogen-bond donors (Lipinski definition) is 1. The Kier molecular flexibility index (Phi) is 3.39. The molecule has 0 aliphatic carbocycles. The van der Waals surface area contributed by atoms with Gasteiger partial charge in [0.05, 0.1) is 12.6 Å². The standard InChI is InChI=1S/C19H14N2O3/c1-23-15-5-7-17-13(10-15)11-18(24-17)19(22)21-14-4-6-16-12(9-14)3-2-8-20-16/h2-11H,1H3,(H,21,22). The SMILES string of the molecule is COc1ccc2oc(C(=O)Nc3ccc4ncccc4c3)cc2c1. The topological polar surface area (TPSA) is 64.4 Å². The van der Waals surface area contributed by atoms with Gasteiger partial charge in [-0.2, -0.15) is 0 Å². The fourth-order valence-electron chi connectivity index (χ4n) is 2.61. The fraction of sp³-hybridized carbons (Fsp3) is 0.0526. The maximum Gasteiger partial charge on any atom is 0.291 e. The van der Waals surface area contributed by atoms with Gasteiger partial charge in [0, 0.05) is 22.7 Å². The molecule has 0 bridgehead atoms. The zero-order valence-corrected chi connectivity index (χ0v) is 12.9. The number of pyridine rings is 1. The van der Waals surface area contributed by atoms with E-state index in [2.05, 4.69) is 10.3 Å². The van der Waals surface area contributed by atoms with Gasteiger partial charge in [-0.15, -0.1) is 0 Å². The third-order valence-corrected chi connectivity index (χ3v) is 3.81. The van der Waals surface area contributed by atoms with Crippen LogP contribution in [0.5, 0.6) is 5.75 Å². The number of hydrogen-bond acceptors (Lipinski definition) is 4. The minimum atomic E-state index is -0.298. The Balaban J connectivity index is 1.62. The lowest BCUT2D eigenvalue weighted by Gasteiger charge is -2.04. The number of carbonyl (C=O) groups excluding carboxylic acids is 1. The van der Waals surface area contributed by atoms with Gasteiger partial charge in [0.2, 0.25) is 0 Å². The number of carbonyl (C=O) groups is 1. The molecule has 5 nitrogen and oxygen atoms in total. The summed E-state index contributed by atoms with van der Waals surface area (Å²) in [7, 11) is 1.60. The monoisotopic (exact) mass is 318 g/mol. The fourth-order valence-corrected chi connectivity index (χ4v) is 2.61. The van der Waals surface area contributed by atoms with Crippen molar-refractivity contribution in [1.82, 2.24) is 4.98 Å². The molecule has 2 heterocycles. The molecule has 2 aromatic carbocycles. The number of rotatable bonds is 3. The van der Waals surface area contributed by atoms with Crippen LogP contribution in [0.1, 0.15) is 10.6 Å². The summed E-state index contributed by atoms with van der Waals surface area (Å²) in [6.45, 7) is 0. The van der Waals surface area contributed by atoms with Crippen LogP contribution in [0.2, 0.25) is 0 Å². The second kappa shape index (κ2) is 5.70. The largest absolute Gasteiger partial charge is 0.497 e. The van der Waals surface area contributed by atoms with Crippen LogP contribution < -0.4 is 10.1 Å². The molecule has 1 amide bonds. The molecule has 1 N–H and O–H groups in total. The van der Waals surface area contributed by atoms with Crippen molar-refractivity contribution in [2.45, 2.75) is 0 Å². The van der Waals surface area contributed by atoms with E-state index >= 15 is 0 Å². The minimum absolute atomic E-state index is 0.254. The van der Waals surface area contributed by atoms with Crippen molar-refractivity contribution in [2.24, 2.45) is 0 Å². The highest BCUT2D eigenvalue weighted by molar-refractivity contribution is 6.05. The average Bonchev–Trinajstić information content (AvgIpc) is 3.05. The molecule has 0 atom stereocenters. The molecule has 4 rings (SSSR count). The second-order valence-electron chi connectivity index (χ2n) is 5.38. The van der Waals surface area contributed by atoms with Crippen molar-refractivity contribution in [2.75, 3.05) is 12.4 Å². The first-order chi connectivity index (χ1) is 11.7.